The summed E-state index contributed by atoms with van der Waals surface area (Å²) in [6, 6.07) is 2.22. The molecule has 0 N–H and O–H groups in total. The van der Waals surface area contributed by atoms with Gasteiger partial charge in [0.15, 0.2) is 0 Å². The van der Waals surface area contributed by atoms with Gasteiger partial charge in [-0.2, -0.15) is 0 Å². The number of aromatic nitrogens is 2. The minimum atomic E-state index is 0.596. The van der Waals surface area contributed by atoms with Crippen molar-refractivity contribution in [3.63, 3.8) is 0 Å². The first-order chi connectivity index (χ1) is 9.13. The van der Waals surface area contributed by atoms with Crippen LogP contribution in [0.15, 0.2) is 17.6 Å². The van der Waals surface area contributed by atoms with Crippen molar-refractivity contribution in [1.29, 1.82) is 0 Å². The molecule has 0 spiro atoms. The van der Waals surface area contributed by atoms with Crippen LogP contribution < -0.4 is 0 Å². The van der Waals surface area contributed by atoms with Crippen molar-refractivity contribution in [3.05, 3.63) is 39.6 Å². The van der Waals surface area contributed by atoms with E-state index in [0.29, 0.717) is 5.92 Å². The Bertz CT molecular complexity index is 570. The molecule has 0 amide bonds. The fourth-order valence-corrected chi connectivity index (χ4v) is 3.92. The summed E-state index contributed by atoms with van der Waals surface area (Å²) in [5, 5.41) is 2.19. The molecule has 2 aromatic heterocycles. The lowest BCUT2D eigenvalue weighted by atomic mass is 10.1. The summed E-state index contributed by atoms with van der Waals surface area (Å²) in [7, 11) is 2.11. The van der Waals surface area contributed by atoms with Gasteiger partial charge in [-0.1, -0.05) is 0 Å². The van der Waals surface area contributed by atoms with Crippen LogP contribution in [0.25, 0.3) is 0 Å². The van der Waals surface area contributed by atoms with Crippen molar-refractivity contribution in [1.82, 2.24) is 14.5 Å². The molecule has 1 atom stereocenters. The second-order valence-electron chi connectivity index (χ2n) is 5.60. The van der Waals surface area contributed by atoms with E-state index >= 15 is 0 Å². The number of hydrogen-bond acceptors (Lipinski definition) is 3. The molecule has 3 heterocycles. The molecule has 3 rings (SSSR count). The molecule has 102 valence electrons. The zero-order valence-corrected chi connectivity index (χ0v) is 12.7. The molecule has 1 fully saturated rings. The predicted molar refractivity (Wildman–Crippen MR) is 79.6 cm³/mol. The monoisotopic (exact) mass is 275 g/mol. The molecular weight excluding hydrogens is 254 g/mol. The van der Waals surface area contributed by atoms with E-state index in [1.54, 1.807) is 0 Å². The minimum Gasteiger partial charge on any atom is -0.337 e. The first-order valence-electron chi connectivity index (χ1n) is 6.88. The normalized spacial score (nSPS) is 20.3. The Morgan fingerprint density at radius 3 is 2.89 bits per heavy atom. The van der Waals surface area contributed by atoms with Gasteiger partial charge in [-0.15, -0.1) is 11.3 Å². The van der Waals surface area contributed by atoms with Crippen molar-refractivity contribution in [3.8, 4) is 0 Å². The molecule has 3 nitrogen and oxygen atoms in total. The molecule has 1 saturated heterocycles. The third kappa shape index (κ3) is 2.60. The van der Waals surface area contributed by atoms with Gasteiger partial charge in [-0.05, 0) is 43.8 Å². The average molecular weight is 275 g/mol. The number of rotatable bonds is 3. The van der Waals surface area contributed by atoms with Crippen LogP contribution in [-0.4, -0.2) is 27.5 Å². The molecule has 0 saturated carbocycles. The highest BCUT2D eigenvalue weighted by Gasteiger charge is 2.27. The molecule has 0 bridgehead atoms. The average Bonchev–Trinajstić information content (AvgIpc) is 3.03. The zero-order valence-electron chi connectivity index (χ0n) is 11.9. The Labute approximate surface area is 118 Å². The summed E-state index contributed by atoms with van der Waals surface area (Å²) in [4.78, 5) is 8.75. The van der Waals surface area contributed by atoms with Crippen LogP contribution in [-0.2, 0) is 13.6 Å². The van der Waals surface area contributed by atoms with Gasteiger partial charge in [-0.3, -0.25) is 4.90 Å². The fourth-order valence-electron chi connectivity index (χ4n) is 2.97. The lowest BCUT2D eigenvalue weighted by Crippen LogP contribution is -2.20. The Balaban J connectivity index is 1.67. The van der Waals surface area contributed by atoms with Crippen molar-refractivity contribution >= 4 is 11.3 Å². The van der Waals surface area contributed by atoms with E-state index in [1.165, 1.54) is 29.2 Å². The maximum atomic E-state index is 4.68. The molecular formula is C15H21N3S. The van der Waals surface area contributed by atoms with Crippen LogP contribution in [0, 0.1) is 13.8 Å². The van der Waals surface area contributed by atoms with E-state index in [2.05, 4.69) is 53.0 Å². The first-order valence-corrected chi connectivity index (χ1v) is 7.76. The van der Waals surface area contributed by atoms with E-state index in [0.717, 1.165) is 18.8 Å². The van der Waals surface area contributed by atoms with Gasteiger partial charge in [0, 0.05) is 37.1 Å². The quantitative estimate of drug-likeness (QED) is 0.858. The summed E-state index contributed by atoms with van der Waals surface area (Å²) >= 11 is 1.88. The van der Waals surface area contributed by atoms with E-state index in [4.69, 9.17) is 0 Å². The SMILES string of the molecule is Cc1cn(C)c(C2CCN(Cc3sccc3C)C2)n1. The third-order valence-corrected chi connectivity index (χ3v) is 5.01. The summed E-state index contributed by atoms with van der Waals surface area (Å²) < 4.78 is 2.19. The summed E-state index contributed by atoms with van der Waals surface area (Å²) in [5.41, 5.74) is 2.56. The van der Waals surface area contributed by atoms with Crippen LogP contribution in [0.5, 0.6) is 0 Å². The first kappa shape index (κ1) is 12.9. The van der Waals surface area contributed by atoms with Gasteiger partial charge in [0.2, 0.25) is 0 Å². The molecule has 4 heteroatoms. The van der Waals surface area contributed by atoms with Gasteiger partial charge in [0.1, 0.15) is 5.82 Å². The van der Waals surface area contributed by atoms with Gasteiger partial charge >= 0.3 is 0 Å². The summed E-state index contributed by atoms with van der Waals surface area (Å²) in [6.07, 6.45) is 3.36. The van der Waals surface area contributed by atoms with Crippen LogP contribution >= 0.6 is 11.3 Å². The summed E-state index contributed by atoms with van der Waals surface area (Å²) in [6.45, 7) is 7.71. The Morgan fingerprint density at radius 1 is 1.42 bits per heavy atom. The van der Waals surface area contributed by atoms with E-state index in [-0.39, 0.29) is 0 Å². The molecule has 1 aliphatic rings. The molecule has 2 aromatic rings. The largest absolute Gasteiger partial charge is 0.337 e. The van der Waals surface area contributed by atoms with Crippen molar-refractivity contribution in [2.45, 2.75) is 32.7 Å². The lowest BCUT2D eigenvalue weighted by molar-refractivity contribution is 0.327. The van der Waals surface area contributed by atoms with Crippen molar-refractivity contribution < 1.29 is 0 Å². The van der Waals surface area contributed by atoms with E-state index in [9.17, 15) is 0 Å². The highest BCUT2D eigenvalue weighted by molar-refractivity contribution is 7.10. The van der Waals surface area contributed by atoms with Crippen molar-refractivity contribution in [2.75, 3.05) is 13.1 Å². The predicted octanol–water partition coefficient (Wildman–Crippen LogP) is 3.09. The number of hydrogen-bond donors (Lipinski definition) is 0. The fraction of sp³-hybridized carbons (Fsp3) is 0.533. The number of imidazole rings is 1. The lowest BCUT2D eigenvalue weighted by Gasteiger charge is -2.15. The highest BCUT2D eigenvalue weighted by Crippen LogP contribution is 2.28. The Morgan fingerprint density at radius 2 is 2.26 bits per heavy atom. The van der Waals surface area contributed by atoms with Crippen LogP contribution in [0.4, 0.5) is 0 Å². The molecule has 0 aromatic carbocycles. The molecule has 1 aliphatic heterocycles. The van der Waals surface area contributed by atoms with E-state index in [1.807, 2.05) is 11.3 Å². The number of nitrogens with zero attached hydrogens (tertiary/aromatic N) is 3. The van der Waals surface area contributed by atoms with Crippen molar-refractivity contribution in [2.24, 2.45) is 7.05 Å². The van der Waals surface area contributed by atoms with Crippen LogP contribution in [0.3, 0.4) is 0 Å². The molecule has 0 aliphatic carbocycles. The topological polar surface area (TPSA) is 21.1 Å². The van der Waals surface area contributed by atoms with Crippen LogP contribution in [0.2, 0.25) is 0 Å². The van der Waals surface area contributed by atoms with Crippen LogP contribution in [0.1, 0.15) is 34.3 Å². The second-order valence-corrected chi connectivity index (χ2v) is 6.60. The smallest absolute Gasteiger partial charge is 0.113 e. The molecule has 0 radical (unpaired) electrons. The van der Waals surface area contributed by atoms with Gasteiger partial charge in [0.25, 0.3) is 0 Å². The highest BCUT2D eigenvalue weighted by atomic mass is 32.1. The molecule has 1 unspecified atom stereocenters. The van der Waals surface area contributed by atoms with Gasteiger partial charge < -0.3 is 4.57 Å². The number of thiophene rings is 1. The van der Waals surface area contributed by atoms with E-state index < -0.39 is 0 Å². The Kier molecular flexibility index (Phi) is 3.46. The molecule has 19 heavy (non-hydrogen) atoms. The number of aryl methyl sites for hydroxylation is 3. The second kappa shape index (κ2) is 5.10. The minimum absolute atomic E-state index is 0.596. The standard InChI is InChI=1S/C15H21N3S/c1-11-5-7-19-14(11)10-18-6-4-13(9-18)15-16-12(2)8-17(15)3/h5,7-8,13H,4,6,9-10H2,1-3H3. The zero-order chi connectivity index (χ0) is 13.4. The number of likely N-dealkylation sites (tertiary alicyclic amines) is 1. The third-order valence-electron chi connectivity index (χ3n) is 4.01. The summed E-state index contributed by atoms with van der Waals surface area (Å²) in [5.74, 6) is 1.85. The van der Waals surface area contributed by atoms with Gasteiger partial charge in [-0.25, -0.2) is 4.98 Å². The Hall–Kier alpha value is -1.13. The maximum absolute atomic E-state index is 4.68. The maximum Gasteiger partial charge on any atom is 0.113 e. The van der Waals surface area contributed by atoms with Gasteiger partial charge in [0.05, 0.1) is 5.69 Å².